The fourth-order valence-electron chi connectivity index (χ4n) is 6.18. The maximum atomic E-state index is 13.2. The summed E-state index contributed by atoms with van der Waals surface area (Å²) in [5.74, 6) is 0.757. The fraction of sp³-hybridized carbons (Fsp3) is 0.500. The molecule has 3 atom stereocenters. The van der Waals surface area contributed by atoms with Crippen LogP contribution in [-0.2, 0) is 9.53 Å². The number of aliphatic hydroxyl groups is 1. The molecule has 5 heterocycles. The van der Waals surface area contributed by atoms with Crippen LogP contribution in [0.2, 0.25) is 0 Å². The molecule has 0 aromatic carbocycles. The van der Waals surface area contributed by atoms with Crippen molar-refractivity contribution in [2.75, 3.05) is 38.0 Å². The molecule has 1 aliphatic heterocycles. The highest BCUT2D eigenvalue weighted by Crippen LogP contribution is 2.40. The molecule has 2 amide bonds. The van der Waals surface area contributed by atoms with Gasteiger partial charge in [0.25, 0.3) is 0 Å². The third-order valence-electron chi connectivity index (χ3n) is 8.71. The summed E-state index contributed by atoms with van der Waals surface area (Å²) in [6.45, 7) is 13.4. The Bertz CT molecular complexity index is 1720. The number of fused-ring (bicyclic) bond motifs is 3. The van der Waals surface area contributed by atoms with Crippen LogP contribution in [-0.4, -0.2) is 84.6 Å². The van der Waals surface area contributed by atoms with E-state index in [1.165, 1.54) is 0 Å². The second-order valence-electron chi connectivity index (χ2n) is 13.4. The van der Waals surface area contributed by atoms with Gasteiger partial charge in [-0.05, 0) is 64.2 Å². The molecule has 238 valence electrons. The molecule has 2 N–H and O–H groups in total. The summed E-state index contributed by atoms with van der Waals surface area (Å²) in [5, 5.41) is 14.4. The highest BCUT2D eigenvalue weighted by molar-refractivity contribution is 5.97. The molecule has 2 fully saturated rings. The van der Waals surface area contributed by atoms with Gasteiger partial charge in [0.2, 0.25) is 5.91 Å². The van der Waals surface area contributed by atoms with Crippen molar-refractivity contribution < 1.29 is 19.4 Å². The topological polar surface area (TPSA) is 125 Å². The SMILES string of the molecule is CCCC(O)c1cc(C)c(-c2cc3cnc(NC(=O)[C@@H]4C[C@H]4CN4CCN(C(=O)OC(C)(C)C)CC4)cc3n3ccnc23)cn1. The first kappa shape index (κ1) is 30.9. The Hall–Kier alpha value is -4.09. The highest BCUT2D eigenvalue weighted by atomic mass is 16.6. The number of pyridine rings is 3. The van der Waals surface area contributed by atoms with Crippen LogP contribution in [0.3, 0.4) is 0 Å². The largest absolute Gasteiger partial charge is 0.444 e. The van der Waals surface area contributed by atoms with E-state index in [0.29, 0.717) is 36.9 Å². The van der Waals surface area contributed by atoms with Gasteiger partial charge < -0.3 is 20.1 Å². The monoisotopic (exact) mass is 613 g/mol. The lowest BCUT2D eigenvalue weighted by molar-refractivity contribution is -0.117. The highest BCUT2D eigenvalue weighted by Gasteiger charge is 2.44. The molecule has 1 aliphatic carbocycles. The second-order valence-corrected chi connectivity index (χ2v) is 13.4. The maximum absolute atomic E-state index is 13.2. The van der Waals surface area contributed by atoms with Crippen molar-refractivity contribution in [3.63, 3.8) is 0 Å². The van der Waals surface area contributed by atoms with Gasteiger partial charge in [-0.25, -0.2) is 14.8 Å². The lowest BCUT2D eigenvalue weighted by Crippen LogP contribution is -2.50. The van der Waals surface area contributed by atoms with Gasteiger partial charge in [-0.1, -0.05) is 13.3 Å². The van der Waals surface area contributed by atoms with Gasteiger partial charge in [0.05, 0.1) is 17.3 Å². The summed E-state index contributed by atoms with van der Waals surface area (Å²) >= 11 is 0. The Kier molecular flexibility index (Phi) is 8.49. The lowest BCUT2D eigenvalue weighted by Gasteiger charge is -2.35. The number of imidazole rings is 1. The first-order valence-corrected chi connectivity index (χ1v) is 15.9. The molecular formula is C34H43N7O4. The van der Waals surface area contributed by atoms with Crippen LogP contribution in [0, 0.1) is 18.8 Å². The van der Waals surface area contributed by atoms with E-state index in [-0.39, 0.29) is 17.9 Å². The van der Waals surface area contributed by atoms with E-state index in [1.807, 2.05) is 63.5 Å². The van der Waals surface area contributed by atoms with Gasteiger partial charge in [0.1, 0.15) is 17.1 Å². The molecule has 0 radical (unpaired) electrons. The molecule has 4 aromatic heterocycles. The van der Waals surface area contributed by atoms with Gasteiger partial charge in [-0.15, -0.1) is 0 Å². The molecule has 1 unspecified atom stereocenters. The number of piperazine rings is 1. The van der Waals surface area contributed by atoms with Crippen LogP contribution in [0.1, 0.15) is 64.3 Å². The number of anilines is 1. The van der Waals surface area contributed by atoms with Crippen molar-refractivity contribution in [3.05, 3.63) is 54.2 Å². The zero-order valence-electron chi connectivity index (χ0n) is 26.8. The fourth-order valence-corrected chi connectivity index (χ4v) is 6.18. The zero-order chi connectivity index (χ0) is 31.9. The smallest absolute Gasteiger partial charge is 0.410 e. The van der Waals surface area contributed by atoms with Crippen molar-refractivity contribution >= 4 is 34.4 Å². The maximum Gasteiger partial charge on any atom is 0.410 e. The normalized spacial score (nSPS) is 19.6. The number of ether oxygens (including phenoxy) is 1. The Morgan fingerprint density at radius 1 is 1.07 bits per heavy atom. The number of nitrogens with one attached hydrogen (secondary N) is 1. The minimum atomic E-state index is -0.573. The minimum absolute atomic E-state index is 0.00946. The van der Waals surface area contributed by atoms with Gasteiger partial charge in [-0.3, -0.25) is 19.1 Å². The van der Waals surface area contributed by atoms with Crippen LogP contribution in [0.15, 0.2) is 43.0 Å². The number of amides is 2. The Labute approximate surface area is 263 Å². The van der Waals surface area contributed by atoms with E-state index in [0.717, 1.165) is 65.7 Å². The number of carbonyl (C=O) groups is 2. The van der Waals surface area contributed by atoms with Gasteiger partial charge in [-0.2, -0.15) is 0 Å². The molecule has 1 saturated carbocycles. The van der Waals surface area contributed by atoms with Gasteiger partial charge in [0.15, 0.2) is 0 Å². The van der Waals surface area contributed by atoms with E-state index in [1.54, 1.807) is 17.3 Å². The molecule has 0 spiro atoms. The third-order valence-corrected chi connectivity index (χ3v) is 8.71. The number of aliphatic hydroxyl groups excluding tert-OH is 1. The molecule has 1 saturated heterocycles. The molecule has 11 heteroatoms. The summed E-state index contributed by atoms with van der Waals surface area (Å²) in [5.41, 5.74) is 4.75. The summed E-state index contributed by atoms with van der Waals surface area (Å²) in [6.07, 6.45) is 8.85. The molecule has 45 heavy (non-hydrogen) atoms. The van der Waals surface area contributed by atoms with Crippen molar-refractivity contribution in [1.29, 1.82) is 0 Å². The zero-order valence-corrected chi connectivity index (χ0v) is 26.8. The molecule has 6 rings (SSSR count). The first-order valence-electron chi connectivity index (χ1n) is 15.9. The lowest BCUT2D eigenvalue weighted by atomic mass is 10.00. The second kappa shape index (κ2) is 12.4. The number of nitrogens with zero attached hydrogens (tertiary/aromatic N) is 6. The summed E-state index contributed by atoms with van der Waals surface area (Å²) < 4.78 is 7.51. The Balaban J connectivity index is 1.10. The standard InChI is InChI=1S/C34H43N7O4/c1-6-7-29(42)27-14-21(2)26(19-36-27)25-15-22-18-37-30(17-28(22)41-9-8-35-31(25)41)38-32(43)24-16-23(24)20-39-10-12-40(13-11-39)33(44)45-34(3,4)5/h8-9,14-15,17-19,23-24,29,42H,6-7,10-13,16,20H2,1-5H3,(H,37,38,43)/t23-,24+,29?/m0/s1. The average molecular weight is 614 g/mol. The summed E-state index contributed by atoms with van der Waals surface area (Å²) in [4.78, 5) is 43.4. The van der Waals surface area contributed by atoms with Crippen LogP contribution in [0.5, 0.6) is 0 Å². The van der Waals surface area contributed by atoms with Crippen molar-refractivity contribution in [2.24, 2.45) is 11.8 Å². The number of aromatic nitrogens is 4. The quantitative estimate of drug-likeness (QED) is 0.277. The van der Waals surface area contributed by atoms with Crippen LogP contribution >= 0.6 is 0 Å². The van der Waals surface area contributed by atoms with Crippen LogP contribution in [0.4, 0.5) is 10.6 Å². The first-order chi connectivity index (χ1) is 21.5. The summed E-state index contributed by atoms with van der Waals surface area (Å²) in [7, 11) is 0. The molecule has 4 aromatic rings. The molecule has 0 bridgehead atoms. The van der Waals surface area contributed by atoms with Crippen molar-refractivity contribution in [2.45, 2.75) is 65.6 Å². The van der Waals surface area contributed by atoms with E-state index in [9.17, 15) is 14.7 Å². The predicted octanol–water partition coefficient (Wildman–Crippen LogP) is 5.21. The predicted molar refractivity (Wildman–Crippen MR) is 173 cm³/mol. The number of aryl methyl sites for hydroxylation is 1. The van der Waals surface area contributed by atoms with E-state index in [4.69, 9.17) is 4.74 Å². The van der Waals surface area contributed by atoms with Crippen molar-refractivity contribution in [3.8, 4) is 11.1 Å². The third kappa shape index (κ3) is 6.79. The molecular weight excluding hydrogens is 570 g/mol. The van der Waals surface area contributed by atoms with Gasteiger partial charge >= 0.3 is 6.09 Å². The Morgan fingerprint density at radius 2 is 1.84 bits per heavy atom. The van der Waals surface area contributed by atoms with Crippen LogP contribution in [0.25, 0.3) is 27.7 Å². The number of hydrogen-bond donors (Lipinski definition) is 2. The molecule has 11 nitrogen and oxygen atoms in total. The van der Waals surface area contributed by atoms with Crippen molar-refractivity contribution in [1.82, 2.24) is 29.2 Å². The van der Waals surface area contributed by atoms with Crippen LogP contribution < -0.4 is 5.32 Å². The number of carbonyl (C=O) groups excluding carboxylic acids is 2. The average Bonchev–Trinajstić information content (AvgIpc) is 3.58. The Morgan fingerprint density at radius 3 is 2.56 bits per heavy atom. The van der Waals surface area contributed by atoms with E-state index in [2.05, 4.69) is 31.2 Å². The van der Waals surface area contributed by atoms with Gasteiger partial charge in [0, 0.05) is 86.0 Å². The van der Waals surface area contributed by atoms with E-state index < -0.39 is 11.7 Å². The number of rotatable bonds is 8. The summed E-state index contributed by atoms with van der Waals surface area (Å²) in [6, 6.07) is 5.90. The molecule has 2 aliphatic rings. The minimum Gasteiger partial charge on any atom is -0.444 e. The number of hydrogen-bond acceptors (Lipinski definition) is 8. The van der Waals surface area contributed by atoms with E-state index >= 15 is 0 Å².